The number of amidine groups is 1. The number of carbonyl (C=O) groups excluding carboxylic acids is 1. The van der Waals surface area contributed by atoms with Crippen molar-refractivity contribution in [2.24, 2.45) is 16.8 Å². The summed E-state index contributed by atoms with van der Waals surface area (Å²) in [5.74, 6) is -0.307. The van der Waals surface area contributed by atoms with E-state index in [1.165, 1.54) is 25.7 Å². The first kappa shape index (κ1) is 15.4. The van der Waals surface area contributed by atoms with Gasteiger partial charge in [0.2, 0.25) is 5.91 Å². The third-order valence-corrected chi connectivity index (χ3v) is 4.13. The van der Waals surface area contributed by atoms with Crippen LogP contribution in [0.1, 0.15) is 43.6 Å². The number of hydrogen-bond acceptors (Lipinski definition) is 3. The summed E-state index contributed by atoms with van der Waals surface area (Å²) in [4.78, 5) is 12.3. The van der Waals surface area contributed by atoms with Gasteiger partial charge < -0.3 is 16.3 Å². The molecule has 0 spiro atoms. The van der Waals surface area contributed by atoms with E-state index in [2.05, 4.69) is 10.5 Å². The molecule has 1 aliphatic rings. The molecular formula is C16H23N3O2. The van der Waals surface area contributed by atoms with E-state index in [-0.39, 0.29) is 11.7 Å². The zero-order chi connectivity index (χ0) is 15.1. The maximum Gasteiger partial charge on any atom is 0.235 e. The molecule has 1 aliphatic carbocycles. The summed E-state index contributed by atoms with van der Waals surface area (Å²) < 4.78 is 0. The molecule has 1 amide bonds. The molecule has 1 unspecified atom stereocenters. The monoisotopic (exact) mass is 289 g/mol. The summed E-state index contributed by atoms with van der Waals surface area (Å²) in [6.45, 7) is 0.644. The van der Waals surface area contributed by atoms with E-state index in [1.54, 1.807) is 12.1 Å². The van der Waals surface area contributed by atoms with E-state index in [0.717, 1.165) is 17.9 Å². The Hall–Kier alpha value is -2.04. The second-order valence-corrected chi connectivity index (χ2v) is 5.60. The van der Waals surface area contributed by atoms with Crippen LogP contribution in [-0.2, 0) is 4.79 Å². The van der Waals surface area contributed by atoms with Gasteiger partial charge in [-0.15, -0.1) is 0 Å². The van der Waals surface area contributed by atoms with Gasteiger partial charge in [0.05, 0.1) is 0 Å². The van der Waals surface area contributed by atoms with Gasteiger partial charge in [-0.25, -0.2) is 0 Å². The first-order chi connectivity index (χ1) is 10.2. The molecule has 0 saturated heterocycles. The Morgan fingerprint density at radius 1 is 1.33 bits per heavy atom. The van der Waals surface area contributed by atoms with E-state index < -0.39 is 5.92 Å². The quantitative estimate of drug-likeness (QED) is 0.325. The lowest BCUT2D eigenvalue weighted by Gasteiger charge is -2.17. The molecule has 0 bridgehead atoms. The number of nitrogens with one attached hydrogen (secondary N) is 1. The predicted octanol–water partition coefficient (Wildman–Crippen LogP) is 2.21. The highest BCUT2D eigenvalue weighted by Crippen LogP contribution is 2.27. The molecular weight excluding hydrogens is 266 g/mol. The van der Waals surface area contributed by atoms with Crippen LogP contribution in [0, 0.1) is 5.92 Å². The van der Waals surface area contributed by atoms with Crippen LogP contribution in [0.5, 0.6) is 0 Å². The molecule has 1 aromatic rings. The van der Waals surface area contributed by atoms with Crippen LogP contribution in [0.4, 0.5) is 0 Å². The molecule has 0 heterocycles. The van der Waals surface area contributed by atoms with Crippen molar-refractivity contribution < 1.29 is 10.0 Å². The van der Waals surface area contributed by atoms with Gasteiger partial charge in [-0.1, -0.05) is 61.2 Å². The van der Waals surface area contributed by atoms with Crippen LogP contribution in [0.15, 0.2) is 35.5 Å². The van der Waals surface area contributed by atoms with Gasteiger partial charge in [-0.3, -0.25) is 4.79 Å². The van der Waals surface area contributed by atoms with E-state index in [9.17, 15) is 4.79 Å². The smallest absolute Gasteiger partial charge is 0.235 e. The number of oxime groups is 1. The van der Waals surface area contributed by atoms with Crippen LogP contribution < -0.4 is 11.1 Å². The standard InChI is InChI=1S/C16H23N3O2/c17-15(19-21)14(13-8-2-1-3-9-13)16(20)18-11-10-12-6-4-5-7-12/h1-3,8-9,12,14,21H,4-7,10-11H2,(H2,17,19)(H,18,20). The molecule has 4 N–H and O–H groups in total. The highest BCUT2D eigenvalue weighted by Gasteiger charge is 2.25. The third-order valence-electron chi connectivity index (χ3n) is 4.13. The van der Waals surface area contributed by atoms with Crippen LogP contribution >= 0.6 is 0 Å². The maximum absolute atomic E-state index is 12.3. The van der Waals surface area contributed by atoms with Gasteiger partial charge in [0.15, 0.2) is 5.84 Å². The van der Waals surface area contributed by atoms with Crippen molar-refractivity contribution in [3.8, 4) is 0 Å². The van der Waals surface area contributed by atoms with Crippen molar-refractivity contribution in [2.75, 3.05) is 6.54 Å². The third kappa shape index (κ3) is 4.21. The molecule has 5 heteroatoms. The zero-order valence-corrected chi connectivity index (χ0v) is 12.2. The number of nitrogens with zero attached hydrogens (tertiary/aromatic N) is 1. The van der Waals surface area contributed by atoms with Crippen molar-refractivity contribution in [3.63, 3.8) is 0 Å². The molecule has 0 radical (unpaired) electrons. The van der Waals surface area contributed by atoms with Crippen LogP contribution in [-0.4, -0.2) is 23.5 Å². The lowest BCUT2D eigenvalue weighted by molar-refractivity contribution is -0.121. The van der Waals surface area contributed by atoms with Crippen molar-refractivity contribution in [1.29, 1.82) is 0 Å². The molecule has 1 saturated carbocycles. The SMILES string of the molecule is NC(=NO)C(C(=O)NCCC1CCCC1)c1ccccc1. The van der Waals surface area contributed by atoms with Gasteiger partial charge in [0, 0.05) is 6.54 Å². The van der Waals surface area contributed by atoms with E-state index in [4.69, 9.17) is 10.9 Å². The molecule has 0 aromatic heterocycles. The highest BCUT2D eigenvalue weighted by molar-refractivity contribution is 6.07. The van der Waals surface area contributed by atoms with Crippen LogP contribution in [0.25, 0.3) is 0 Å². The van der Waals surface area contributed by atoms with Crippen molar-refractivity contribution >= 4 is 11.7 Å². The Labute approximate surface area is 125 Å². The highest BCUT2D eigenvalue weighted by atomic mass is 16.4. The van der Waals surface area contributed by atoms with Crippen molar-refractivity contribution in [3.05, 3.63) is 35.9 Å². The Balaban J connectivity index is 1.95. The summed E-state index contributed by atoms with van der Waals surface area (Å²) in [6, 6.07) is 9.14. The van der Waals surface area contributed by atoms with E-state index in [0.29, 0.717) is 6.54 Å². The summed E-state index contributed by atoms with van der Waals surface area (Å²) in [7, 11) is 0. The Morgan fingerprint density at radius 2 is 2.00 bits per heavy atom. The summed E-state index contributed by atoms with van der Waals surface area (Å²) in [6.07, 6.45) is 6.13. The number of amides is 1. The fourth-order valence-electron chi connectivity index (χ4n) is 2.96. The average molecular weight is 289 g/mol. The number of benzene rings is 1. The summed E-state index contributed by atoms with van der Waals surface area (Å²) >= 11 is 0. The van der Waals surface area contributed by atoms with Gasteiger partial charge in [-0.05, 0) is 17.9 Å². The predicted molar refractivity (Wildman–Crippen MR) is 82.2 cm³/mol. The fraction of sp³-hybridized carbons (Fsp3) is 0.500. The Morgan fingerprint density at radius 3 is 2.62 bits per heavy atom. The molecule has 114 valence electrons. The minimum Gasteiger partial charge on any atom is -0.409 e. The summed E-state index contributed by atoms with van der Waals surface area (Å²) in [5, 5.41) is 14.8. The first-order valence-electron chi connectivity index (χ1n) is 7.52. The molecule has 1 fully saturated rings. The zero-order valence-electron chi connectivity index (χ0n) is 12.2. The fourth-order valence-corrected chi connectivity index (χ4v) is 2.96. The van der Waals surface area contributed by atoms with Crippen molar-refractivity contribution in [2.45, 2.75) is 38.0 Å². The second kappa shape index (κ2) is 7.67. The number of nitrogens with two attached hydrogens (primary N) is 1. The number of hydrogen-bond donors (Lipinski definition) is 3. The molecule has 0 aliphatic heterocycles. The van der Waals surface area contributed by atoms with Crippen LogP contribution in [0.3, 0.4) is 0 Å². The largest absolute Gasteiger partial charge is 0.409 e. The minimum absolute atomic E-state index is 0.0837. The number of carbonyl (C=O) groups is 1. The molecule has 2 rings (SSSR count). The normalized spacial score (nSPS) is 17.6. The average Bonchev–Trinajstić information content (AvgIpc) is 3.01. The molecule has 5 nitrogen and oxygen atoms in total. The van der Waals surface area contributed by atoms with E-state index in [1.807, 2.05) is 18.2 Å². The van der Waals surface area contributed by atoms with Gasteiger partial charge in [0.1, 0.15) is 5.92 Å². The number of rotatable bonds is 6. The van der Waals surface area contributed by atoms with Gasteiger partial charge in [-0.2, -0.15) is 0 Å². The van der Waals surface area contributed by atoms with Gasteiger partial charge >= 0.3 is 0 Å². The first-order valence-corrected chi connectivity index (χ1v) is 7.52. The minimum atomic E-state index is -0.736. The summed E-state index contributed by atoms with van der Waals surface area (Å²) in [5.41, 5.74) is 6.41. The van der Waals surface area contributed by atoms with Crippen molar-refractivity contribution in [1.82, 2.24) is 5.32 Å². The van der Waals surface area contributed by atoms with Crippen LogP contribution in [0.2, 0.25) is 0 Å². The Bertz CT molecular complexity index is 482. The topological polar surface area (TPSA) is 87.7 Å². The lowest BCUT2D eigenvalue weighted by atomic mass is 9.97. The maximum atomic E-state index is 12.3. The molecule has 1 atom stereocenters. The van der Waals surface area contributed by atoms with E-state index >= 15 is 0 Å². The molecule has 1 aromatic carbocycles. The Kier molecular flexibility index (Phi) is 5.60. The van der Waals surface area contributed by atoms with Gasteiger partial charge in [0.25, 0.3) is 0 Å². The second-order valence-electron chi connectivity index (χ2n) is 5.60. The molecule has 21 heavy (non-hydrogen) atoms. The lowest BCUT2D eigenvalue weighted by Crippen LogP contribution is -2.38.